The van der Waals surface area contributed by atoms with Crippen molar-refractivity contribution in [3.05, 3.63) is 18.0 Å². The van der Waals surface area contributed by atoms with E-state index in [0.717, 1.165) is 18.8 Å². The van der Waals surface area contributed by atoms with Gasteiger partial charge >= 0.3 is 0 Å². The van der Waals surface area contributed by atoms with Crippen LogP contribution in [0.2, 0.25) is 0 Å². The Kier molecular flexibility index (Phi) is 3.17. The molecule has 1 unspecified atom stereocenters. The number of rotatable bonds is 3. The largest absolute Gasteiger partial charge is 0.338 e. The van der Waals surface area contributed by atoms with E-state index in [4.69, 9.17) is 0 Å². The molecule has 2 heterocycles. The molecule has 0 bridgehead atoms. The summed E-state index contributed by atoms with van der Waals surface area (Å²) < 4.78 is 0. The van der Waals surface area contributed by atoms with Crippen LogP contribution < -0.4 is 4.90 Å². The molecule has 1 saturated heterocycles. The number of carbonyl (C=O) groups is 1. The van der Waals surface area contributed by atoms with Crippen molar-refractivity contribution < 1.29 is 4.79 Å². The summed E-state index contributed by atoms with van der Waals surface area (Å²) in [4.78, 5) is 21.3. The molecule has 16 heavy (non-hydrogen) atoms. The maximum absolute atomic E-state index is 10.5. The van der Waals surface area contributed by atoms with Crippen LogP contribution in [0, 0.1) is 5.92 Å². The Bertz CT molecular complexity index is 361. The van der Waals surface area contributed by atoms with E-state index in [0.29, 0.717) is 17.5 Å². The van der Waals surface area contributed by atoms with E-state index in [1.165, 1.54) is 12.8 Å². The Labute approximate surface area is 95.7 Å². The van der Waals surface area contributed by atoms with Gasteiger partial charge in [-0.1, -0.05) is 13.8 Å². The van der Waals surface area contributed by atoms with Crippen LogP contribution in [0.15, 0.2) is 12.4 Å². The van der Waals surface area contributed by atoms with Crippen molar-refractivity contribution >= 4 is 12.2 Å². The van der Waals surface area contributed by atoms with Crippen LogP contribution in [-0.4, -0.2) is 28.8 Å². The van der Waals surface area contributed by atoms with Crippen molar-refractivity contribution in [3.63, 3.8) is 0 Å². The molecular weight excluding hydrogens is 202 g/mol. The second-order valence-corrected chi connectivity index (χ2v) is 4.58. The Morgan fingerprint density at radius 2 is 2.12 bits per heavy atom. The van der Waals surface area contributed by atoms with E-state index in [1.807, 2.05) is 0 Å². The summed E-state index contributed by atoms with van der Waals surface area (Å²) in [5.74, 6) is 1.36. The molecule has 1 fully saturated rings. The third kappa shape index (κ3) is 2.05. The van der Waals surface area contributed by atoms with Gasteiger partial charge in [0, 0.05) is 25.0 Å². The number of carbonyl (C=O) groups excluding carboxylic acids is 1. The number of nitrogens with zero attached hydrogens (tertiary/aromatic N) is 3. The van der Waals surface area contributed by atoms with Gasteiger partial charge in [-0.25, -0.2) is 9.97 Å². The van der Waals surface area contributed by atoms with E-state index < -0.39 is 0 Å². The summed E-state index contributed by atoms with van der Waals surface area (Å²) in [7, 11) is 0. The first-order valence-corrected chi connectivity index (χ1v) is 5.76. The van der Waals surface area contributed by atoms with Gasteiger partial charge in [0.1, 0.15) is 0 Å². The van der Waals surface area contributed by atoms with Crippen molar-refractivity contribution in [2.45, 2.75) is 32.7 Å². The smallest absolute Gasteiger partial charge is 0.225 e. The van der Waals surface area contributed by atoms with Gasteiger partial charge in [0.25, 0.3) is 0 Å². The summed E-state index contributed by atoms with van der Waals surface area (Å²) in [6.07, 6.45) is 6.35. The Hall–Kier alpha value is -1.45. The Balaban J connectivity index is 2.19. The zero-order valence-corrected chi connectivity index (χ0v) is 9.76. The number of hydrogen-bond donors (Lipinski definition) is 0. The van der Waals surface area contributed by atoms with Gasteiger partial charge in [-0.2, -0.15) is 0 Å². The Morgan fingerprint density at radius 1 is 1.44 bits per heavy atom. The predicted octanol–water partition coefficient (Wildman–Crippen LogP) is 1.91. The minimum absolute atomic E-state index is 0.530. The highest BCUT2D eigenvalue weighted by Gasteiger charge is 2.28. The van der Waals surface area contributed by atoms with E-state index in [1.54, 1.807) is 12.4 Å². The lowest BCUT2D eigenvalue weighted by atomic mass is 10.0. The van der Waals surface area contributed by atoms with Crippen molar-refractivity contribution in [2.75, 3.05) is 11.4 Å². The van der Waals surface area contributed by atoms with Gasteiger partial charge < -0.3 is 4.90 Å². The van der Waals surface area contributed by atoms with Gasteiger partial charge in [0.2, 0.25) is 5.95 Å². The average molecular weight is 219 g/mol. The second-order valence-electron chi connectivity index (χ2n) is 4.58. The van der Waals surface area contributed by atoms with Crippen LogP contribution in [0.25, 0.3) is 0 Å². The zero-order valence-electron chi connectivity index (χ0n) is 9.76. The molecule has 0 saturated carbocycles. The lowest BCUT2D eigenvalue weighted by molar-refractivity contribution is 0.112. The molecule has 2 rings (SSSR count). The van der Waals surface area contributed by atoms with Crippen LogP contribution in [-0.2, 0) is 0 Å². The molecule has 0 aliphatic carbocycles. The number of aldehydes is 1. The van der Waals surface area contributed by atoms with Crippen LogP contribution in [0.1, 0.15) is 37.0 Å². The summed E-state index contributed by atoms with van der Waals surface area (Å²) >= 11 is 0. The van der Waals surface area contributed by atoms with Crippen molar-refractivity contribution in [1.82, 2.24) is 9.97 Å². The van der Waals surface area contributed by atoms with Crippen molar-refractivity contribution in [2.24, 2.45) is 5.92 Å². The fourth-order valence-corrected chi connectivity index (χ4v) is 2.27. The van der Waals surface area contributed by atoms with Gasteiger partial charge in [-0.15, -0.1) is 0 Å². The first kappa shape index (κ1) is 11.0. The molecule has 1 aliphatic rings. The summed E-state index contributed by atoms with van der Waals surface area (Å²) in [6, 6.07) is 0.530. The summed E-state index contributed by atoms with van der Waals surface area (Å²) in [5.41, 5.74) is 0.532. The molecule has 1 aliphatic heterocycles. The highest BCUT2D eigenvalue weighted by Crippen LogP contribution is 2.26. The molecule has 0 aromatic carbocycles. The number of anilines is 1. The van der Waals surface area contributed by atoms with Crippen LogP contribution in [0.5, 0.6) is 0 Å². The lowest BCUT2D eigenvalue weighted by Gasteiger charge is -2.27. The van der Waals surface area contributed by atoms with E-state index >= 15 is 0 Å². The molecule has 0 N–H and O–H groups in total. The zero-order chi connectivity index (χ0) is 11.5. The van der Waals surface area contributed by atoms with Crippen LogP contribution in [0.3, 0.4) is 0 Å². The molecule has 86 valence electrons. The number of hydrogen-bond acceptors (Lipinski definition) is 4. The molecule has 0 radical (unpaired) electrons. The quantitative estimate of drug-likeness (QED) is 0.728. The second kappa shape index (κ2) is 4.60. The molecule has 4 nitrogen and oxygen atoms in total. The van der Waals surface area contributed by atoms with E-state index in [-0.39, 0.29) is 0 Å². The lowest BCUT2D eigenvalue weighted by Crippen LogP contribution is -2.34. The van der Waals surface area contributed by atoms with E-state index in [9.17, 15) is 4.79 Å². The van der Waals surface area contributed by atoms with Gasteiger partial charge in [-0.05, 0) is 18.8 Å². The topological polar surface area (TPSA) is 46.1 Å². The fourth-order valence-electron chi connectivity index (χ4n) is 2.27. The first-order valence-electron chi connectivity index (χ1n) is 5.76. The van der Waals surface area contributed by atoms with Crippen LogP contribution >= 0.6 is 0 Å². The van der Waals surface area contributed by atoms with Crippen LogP contribution in [0.4, 0.5) is 5.95 Å². The predicted molar refractivity (Wildman–Crippen MR) is 62.6 cm³/mol. The van der Waals surface area contributed by atoms with Crippen molar-refractivity contribution in [3.8, 4) is 0 Å². The molecule has 0 spiro atoms. The summed E-state index contributed by atoms with van der Waals surface area (Å²) in [6.45, 7) is 5.47. The standard InChI is InChI=1S/C12H17N3O/c1-9(2)11-4-3-5-15(11)12-13-6-10(8-16)7-14-12/h6-9,11H,3-5H2,1-2H3. The number of aromatic nitrogens is 2. The maximum Gasteiger partial charge on any atom is 0.225 e. The highest BCUT2D eigenvalue weighted by molar-refractivity contribution is 5.73. The Morgan fingerprint density at radius 3 is 2.69 bits per heavy atom. The summed E-state index contributed by atoms with van der Waals surface area (Å²) in [5, 5.41) is 0. The SMILES string of the molecule is CC(C)C1CCCN1c1ncc(C=O)cn1. The molecule has 0 amide bonds. The maximum atomic E-state index is 10.5. The van der Waals surface area contributed by atoms with Gasteiger partial charge in [0.15, 0.2) is 6.29 Å². The van der Waals surface area contributed by atoms with E-state index in [2.05, 4.69) is 28.7 Å². The molecule has 4 heteroatoms. The minimum atomic E-state index is 0.530. The molecule has 1 aromatic rings. The third-order valence-electron chi connectivity index (χ3n) is 3.12. The van der Waals surface area contributed by atoms with Crippen molar-refractivity contribution in [1.29, 1.82) is 0 Å². The average Bonchev–Trinajstić information content (AvgIpc) is 2.78. The third-order valence-corrected chi connectivity index (χ3v) is 3.12. The fraction of sp³-hybridized carbons (Fsp3) is 0.583. The highest BCUT2D eigenvalue weighted by atomic mass is 16.1. The first-order chi connectivity index (χ1) is 7.72. The normalized spacial score (nSPS) is 20.4. The molecule has 1 atom stereocenters. The van der Waals surface area contributed by atoms with Gasteiger partial charge in [0.05, 0.1) is 5.56 Å². The molecular formula is C12H17N3O. The monoisotopic (exact) mass is 219 g/mol. The van der Waals surface area contributed by atoms with Gasteiger partial charge in [-0.3, -0.25) is 4.79 Å². The minimum Gasteiger partial charge on any atom is -0.338 e. The molecule has 1 aromatic heterocycles.